The maximum Gasteiger partial charge on any atom is 0.326 e. The van der Waals surface area contributed by atoms with Gasteiger partial charge in [-0.05, 0) is 23.4 Å². The van der Waals surface area contributed by atoms with Gasteiger partial charge in [0, 0.05) is 18.5 Å². The summed E-state index contributed by atoms with van der Waals surface area (Å²) in [6.45, 7) is 0.262. The van der Waals surface area contributed by atoms with E-state index in [1.54, 1.807) is 11.4 Å². The van der Waals surface area contributed by atoms with E-state index in [-0.39, 0.29) is 18.9 Å². The maximum atomic E-state index is 12.2. The fourth-order valence-electron chi connectivity index (χ4n) is 2.16. The summed E-state index contributed by atoms with van der Waals surface area (Å²) in [5.74, 6) is -1.34. The molecule has 0 aromatic carbocycles. The number of rotatable bonds is 5. The van der Waals surface area contributed by atoms with Gasteiger partial charge in [0.25, 0.3) is 0 Å². The van der Waals surface area contributed by atoms with Crippen LogP contribution < -0.4 is 0 Å². The van der Waals surface area contributed by atoms with E-state index in [0.717, 1.165) is 9.18 Å². The number of thiophene rings is 1. The molecule has 0 amide bonds. The molecule has 0 fully saturated rings. The minimum absolute atomic E-state index is 0.0572. The lowest BCUT2D eigenvalue weighted by Gasteiger charge is -2.32. The molecule has 106 valence electrons. The lowest BCUT2D eigenvalue weighted by atomic mass is 10.0. The van der Waals surface area contributed by atoms with Gasteiger partial charge in [0.15, 0.2) is 0 Å². The van der Waals surface area contributed by atoms with Crippen LogP contribution in [0, 0.1) is 0 Å². The molecular weight excluding hydrogens is 290 g/mol. The van der Waals surface area contributed by atoms with E-state index >= 15 is 0 Å². The summed E-state index contributed by atoms with van der Waals surface area (Å²) < 4.78 is 30.2. The van der Waals surface area contributed by atoms with Crippen molar-refractivity contribution in [1.29, 1.82) is 0 Å². The van der Waals surface area contributed by atoms with Crippen molar-refractivity contribution in [3.63, 3.8) is 0 Å². The highest BCUT2D eigenvalue weighted by Gasteiger charge is 2.40. The molecule has 6 nitrogen and oxygen atoms in total. The summed E-state index contributed by atoms with van der Waals surface area (Å²) in [5.41, 5.74) is 0.588. The third-order valence-corrected chi connectivity index (χ3v) is 5.85. The van der Waals surface area contributed by atoms with Crippen LogP contribution in [0.15, 0.2) is 11.4 Å². The Morgan fingerprint density at radius 2 is 2.37 bits per heavy atom. The van der Waals surface area contributed by atoms with Crippen LogP contribution >= 0.6 is 11.3 Å². The monoisotopic (exact) mass is 305 g/mol. The van der Waals surface area contributed by atoms with Gasteiger partial charge in [0.05, 0.1) is 12.4 Å². The van der Waals surface area contributed by atoms with Crippen molar-refractivity contribution in [1.82, 2.24) is 4.31 Å². The van der Waals surface area contributed by atoms with Gasteiger partial charge in [-0.3, -0.25) is 4.79 Å². The number of fused-ring (bicyclic) bond motifs is 1. The second-order valence-electron chi connectivity index (χ2n) is 4.21. The Kier molecular flexibility index (Phi) is 4.24. The smallest absolute Gasteiger partial charge is 0.326 e. The van der Waals surface area contributed by atoms with Crippen LogP contribution in [0.5, 0.6) is 0 Å². The Morgan fingerprint density at radius 3 is 3.00 bits per heavy atom. The minimum atomic E-state index is -3.63. The van der Waals surface area contributed by atoms with Crippen molar-refractivity contribution >= 4 is 27.3 Å². The lowest BCUT2D eigenvalue weighted by molar-refractivity contribution is -0.142. The summed E-state index contributed by atoms with van der Waals surface area (Å²) >= 11 is 1.47. The second kappa shape index (κ2) is 5.58. The van der Waals surface area contributed by atoms with Crippen LogP contribution in [0.2, 0.25) is 0 Å². The van der Waals surface area contributed by atoms with Crippen molar-refractivity contribution in [2.24, 2.45) is 0 Å². The predicted molar refractivity (Wildman–Crippen MR) is 70.8 cm³/mol. The van der Waals surface area contributed by atoms with Gasteiger partial charge in [-0.25, -0.2) is 8.42 Å². The first kappa shape index (κ1) is 14.4. The Balaban J connectivity index is 2.34. The molecule has 1 N–H and O–H groups in total. The summed E-state index contributed by atoms with van der Waals surface area (Å²) in [7, 11) is -2.21. The van der Waals surface area contributed by atoms with Gasteiger partial charge in [0.1, 0.15) is 6.04 Å². The molecule has 1 aliphatic rings. The molecule has 0 bridgehead atoms. The van der Waals surface area contributed by atoms with E-state index in [9.17, 15) is 18.3 Å². The number of methoxy groups -OCH3 is 1. The highest BCUT2D eigenvalue weighted by Crippen LogP contribution is 2.35. The van der Waals surface area contributed by atoms with Crippen LogP contribution in [0.3, 0.4) is 0 Å². The molecule has 0 aliphatic carbocycles. The molecule has 1 aromatic heterocycles. The number of hydrogen-bond acceptors (Lipinski definition) is 5. The van der Waals surface area contributed by atoms with Gasteiger partial charge in [0.2, 0.25) is 10.0 Å². The van der Waals surface area contributed by atoms with Crippen LogP contribution in [0.25, 0.3) is 0 Å². The molecular formula is C11H15NO5S2. The quantitative estimate of drug-likeness (QED) is 0.866. The number of hydrogen-bond donors (Lipinski definition) is 1. The largest absolute Gasteiger partial charge is 0.480 e. The van der Waals surface area contributed by atoms with E-state index < -0.39 is 22.0 Å². The maximum absolute atomic E-state index is 12.2. The van der Waals surface area contributed by atoms with E-state index in [4.69, 9.17) is 4.74 Å². The fraction of sp³-hybridized carbons (Fsp3) is 0.545. The van der Waals surface area contributed by atoms with E-state index in [1.807, 2.05) is 0 Å². The number of carboxylic acids is 1. The lowest BCUT2D eigenvalue weighted by Crippen LogP contribution is -2.44. The number of nitrogens with zero attached hydrogens (tertiary/aromatic N) is 1. The summed E-state index contributed by atoms with van der Waals surface area (Å²) in [4.78, 5) is 12.4. The van der Waals surface area contributed by atoms with Crippen LogP contribution in [-0.2, 0) is 26.0 Å². The normalized spacial score (nSPS) is 20.2. The third-order valence-electron chi connectivity index (χ3n) is 3.06. The average molecular weight is 305 g/mol. The number of ether oxygens (including phenoxy) is 1. The molecule has 0 spiro atoms. The van der Waals surface area contributed by atoms with Crippen molar-refractivity contribution < 1.29 is 23.1 Å². The number of carbonyl (C=O) groups is 1. The zero-order valence-corrected chi connectivity index (χ0v) is 12.0. The molecule has 0 saturated heterocycles. The SMILES string of the molecule is COCCS(=O)(=O)N1CCc2sccc2C1C(=O)O. The fourth-order valence-corrected chi connectivity index (χ4v) is 4.57. The molecule has 2 heterocycles. The average Bonchev–Trinajstić information content (AvgIpc) is 2.82. The van der Waals surface area contributed by atoms with Gasteiger partial charge in [-0.1, -0.05) is 0 Å². The van der Waals surface area contributed by atoms with Gasteiger partial charge < -0.3 is 9.84 Å². The predicted octanol–water partition coefficient (Wildman–Crippen LogP) is 0.708. The Labute approximate surface area is 115 Å². The van der Waals surface area contributed by atoms with Crippen molar-refractivity contribution in [2.45, 2.75) is 12.5 Å². The molecule has 8 heteroatoms. The van der Waals surface area contributed by atoms with Crippen LogP contribution in [-0.4, -0.2) is 49.8 Å². The molecule has 1 atom stereocenters. The second-order valence-corrected chi connectivity index (χ2v) is 7.25. The molecule has 2 rings (SSSR count). The summed E-state index contributed by atoms with van der Waals surface area (Å²) in [6.07, 6.45) is 0.559. The number of carboxylic acid groups (broad SMARTS) is 1. The van der Waals surface area contributed by atoms with E-state index in [2.05, 4.69) is 0 Å². The highest BCUT2D eigenvalue weighted by atomic mass is 32.2. The van der Waals surface area contributed by atoms with Gasteiger partial charge in [-0.15, -0.1) is 11.3 Å². The molecule has 0 radical (unpaired) electrons. The first-order valence-electron chi connectivity index (χ1n) is 5.75. The first-order valence-corrected chi connectivity index (χ1v) is 8.24. The van der Waals surface area contributed by atoms with Crippen LogP contribution in [0.1, 0.15) is 16.5 Å². The summed E-state index contributed by atoms with van der Waals surface area (Å²) in [5, 5.41) is 11.1. The van der Waals surface area contributed by atoms with Gasteiger partial charge >= 0.3 is 5.97 Å². The molecule has 1 unspecified atom stereocenters. The minimum Gasteiger partial charge on any atom is -0.480 e. The molecule has 0 saturated carbocycles. The van der Waals surface area contributed by atoms with Crippen molar-refractivity contribution in [2.75, 3.05) is 26.0 Å². The van der Waals surface area contributed by atoms with Crippen LogP contribution in [0.4, 0.5) is 0 Å². The standard InChI is InChI=1S/C11H15NO5S2/c1-17-5-7-19(15,16)12-4-2-9-8(3-6-18-9)10(12)11(13)14/h3,6,10H,2,4-5,7H2,1H3,(H,13,14). The highest BCUT2D eigenvalue weighted by molar-refractivity contribution is 7.89. The summed E-state index contributed by atoms with van der Waals surface area (Å²) in [6, 6.07) is 0.577. The number of sulfonamides is 1. The zero-order valence-electron chi connectivity index (χ0n) is 10.4. The molecule has 1 aromatic rings. The Morgan fingerprint density at radius 1 is 1.63 bits per heavy atom. The van der Waals surface area contributed by atoms with Crippen molar-refractivity contribution in [3.8, 4) is 0 Å². The topological polar surface area (TPSA) is 83.9 Å². The zero-order chi connectivity index (χ0) is 14.0. The van der Waals surface area contributed by atoms with E-state index in [1.165, 1.54) is 18.4 Å². The van der Waals surface area contributed by atoms with Gasteiger partial charge in [-0.2, -0.15) is 4.31 Å². The van der Waals surface area contributed by atoms with E-state index in [0.29, 0.717) is 12.0 Å². The third kappa shape index (κ3) is 2.81. The Hall–Kier alpha value is -0.960. The molecule has 1 aliphatic heterocycles. The molecule has 19 heavy (non-hydrogen) atoms. The first-order chi connectivity index (χ1) is 8.97. The Bertz CT molecular complexity index is 565. The van der Waals surface area contributed by atoms with Crippen molar-refractivity contribution in [3.05, 3.63) is 21.9 Å². The number of aliphatic carboxylic acids is 1.